The first kappa shape index (κ1) is 22.7. The lowest BCUT2D eigenvalue weighted by atomic mass is 9.94. The van der Waals surface area contributed by atoms with Crippen LogP contribution in [0.3, 0.4) is 0 Å². The Balaban J connectivity index is 1.33. The highest BCUT2D eigenvalue weighted by Gasteiger charge is 2.29. The van der Waals surface area contributed by atoms with Gasteiger partial charge >= 0.3 is 0 Å². The maximum atomic E-state index is 13.3. The van der Waals surface area contributed by atoms with Crippen LogP contribution in [0.5, 0.6) is 11.6 Å². The molecule has 0 unspecified atom stereocenters. The van der Waals surface area contributed by atoms with E-state index >= 15 is 0 Å². The minimum Gasteiger partial charge on any atom is -0.437 e. The topological polar surface area (TPSA) is 86.0 Å². The molecule has 0 spiro atoms. The molecule has 0 aliphatic carbocycles. The number of aromatic nitrogens is 5. The van der Waals surface area contributed by atoms with E-state index in [9.17, 15) is 4.79 Å². The van der Waals surface area contributed by atoms with E-state index in [0.717, 1.165) is 41.2 Å². The Labute approximate surface area is 204 Å². The normalized spacial score (nSPS) is 15.7. The van der Waals surface area contributed by atoms with Crippen molar-refractivity contribution in [3.05, 3.63) is 89.3 Å². The fraction of sp³-hybridized carbons (Fsp3) is 0.296. The molecule has 1 aliphatic heterocycles. The van der Waals surface area contributed by atoms with Crippen molar-refractivity contribution in [2.45, 2.75) is 39.5 Å². The van der Waals surface area contributed by atoms with Gasteiger partial charge in [0.05, 0.1) is 11.3 Å². The third-order valence-corrected chi connectivity index (χ3v) is 6.31. The van der Waals surface area contributed by atoms with Gasteiger partial charge in [0.2, 0.25) is 5.88 Å². The minimum absolute atomic E-state index is 0.0348. The summed E-state index contributed by atoms with van der Waals surface area (Å²) in [7, 11) is 0. The van der Waals surface area contributed by atoms with Crippen molar-refractivity contribution in [2.24, 2.45) is 0 Å². The van der Waals surface area contributed by atoms with E-state index in [2.05, 4.69) is 20.1 Å². The number of hydrogen-bond donors (Lipinski definition) is 0. The zero-order chi connectivity index (χ0) is 24.4. The molecule has 178 valence electrons. The van der Waals surface area contributed by atoms with Gasteiger partial charge in [-0.3, -0.25) is 9.78 Å². The van der Waals surface area contributed by atoms with Crippen molar-refractivity contribution in [1.29, 1.82) is 0 Å². The highest BCUT2D eigenvalue weighted by atomic mass is 16.5. The van der Waals surface area contributed by atoms with Crippen molar-refractivity contribution < 1.29 is 9.53 Å². The number of para-hydroxylation sites is 1. The van der Waals surface area contributed by atoms with E-state index in [1.807, 2.05) is 68.1 Å². The summed E-state index contributed by atoms with van der Waals surface area (Å²) < 4.78 is 7.93. The highest BCUT2D eigenvalue weighted by molar-refractivity contribution is 5.94. The van der Waals surface area contributed by atoms with Gasteiger partial charge in [-0.25, -0.2) is 14.6 Å². The molecule has 35 heavy (non-hydrogen) atoms. The maximum absolute atomic E-state index is 13.3. The molecule has 0 radical (unpaired) electrons. The molecule has 8 heteroatoms. The summed E-state index contributed by atoms with van der Waals surface area (Å²) in [5, 5.41) is 4.47. The number of aryl methyl sites for hydroxylation is 3. The number of ether oxygens (including phenoxy) is 1. The van der Waals surface area contributed by atoms with Crippen LogP contribution in [0.1, 0.15) is 51.8 Å². The third-order valence-electron chi connectivity index (χ3n) is 6.31. The largest absolute Gasteiger partial charge is 0.437 e. The van der Waals surface area contributed by atoms with Gasteiger partial charge in [0.25, 0.3) is 5.91 Å². The molecule has 0 bridgehead atoms. The number of hydrogen-bond acceptors (Lipinski definition) is 6. The Kier molecular flexibility index (Phi) is 6.27. The number of likely N-dealkylation sites (tertiary alicyclic amines) is 1. The molecule has 4 aromatic rings. The van der Waals surface area contributed by atoms with Gasteiger partial charge in [0.15, 0.2) is 5.82 Å². The lowest BCUT2D eigenvalue weighted by Gasteiger charge is -2.32. The average molecular weight is 469 g/mol. The van der Waals surface area contributed by atoms with Crippen LogP contribution in [0.15, 0.2) is 61.1 Å². The first-order valence-corrected chi connectivity index (χ1v) is 11.8. The Morgan fingerprint density at radius 1 is 1.03 bits per heavy atom. The van der Waals surface area contributed by atoms with Gasteiger partial charge in [-0.2, -0.15) is 5.10 Å². The minimum atomic E-state index is -0.0348. The lowest BCUT2D eigenvalue weighted by molar-refractivity contribution is 0.0704. The van der Waals surface area contributed by atoms with Crippen LogP contribution in [0, 0.1) is 20.8 Å². The van der Waals surface area contributed by atoms with Gasteiger partial charge in [-0.05, 0) is 63.4 Å². The Morgan fingerprint density at radius 3 is 2.60 bits per heavy atom. The van der Waals surface area contributed by atoms with E-state index in [1.165, 1.54) is 0 Å². The van der Waals surface area contributed by atoms with E-state index in [4.69, 9.17) is 4.74 Å². The van der Waals surface area contributed by atoms with E-state index in [1.54, 1.807) is 23.3 Å². The number of pyridine rings is 1. The smallest absolute Gasteiger partial charge is 0.255 e. The number of amides is 1. The van der Waals surface area contributed by atoms with Crippen molar-refractivity contribution in [2.75, 3.05) is 13.1 Å². The Morgan fingerprint density at radius 2 is 1.86 bits per heavy atom. The molecule has 1 atom stereocenters. The third kappa shape index (κ3) is 4.77. The molecule has 1 amide bonds. The van der Waals surface area contributed by atoms with Crippen LogP contribution < -0.4 is 4.74 Å². The fourth-order valence-electron chi connectivity index (χ4n) is 4.54. The summed E-state index contributed by atoms with van der Waals surface area (Å²) in [5.74, 6) is 1.96. The summed E-state index contributed by atoms with van der Waals surface area (Å²) in [6.45, 7) is 7.19. The second-order valence-electron chi connectivity index (χ2n) is 8.95. The maximum Gasteiger partial charge on any atom is 0.255 e. The van der Waals surface area contributed by atoms with Crippen LogP contribution >= 0.6 is 0 Å². The molecule has 4 heterocycles. The number of rotatable bonds is 5. The summed E-state index contributed by atoms with van der Waals surface area (Å²) in [5.41, 5.74) is 4.30. The average Bonchev–Trinajstić information content (AvgIpc) is 3.23. The Hall–Kier alpha value is -4.07. The molecular formula is C27H28N6O2. The summed E-state index contributed by atoms with van der Waals surface area (Å²) in [6, 6.07) is 13.5. The van der Waals surface area contributed by atoms with Crippen molar-refractivity contribution >= 4 is 5.91 Å². The molecule has 1 aromatic carbocycles. The van der Waals surface area contributed by atoms with Gasteiger partial charge in [0, 0.05) is 43.3 Å². The second-order valence-corrected chi connectivity index (χ2v) is 8.95. The van der Waals surface area contributed by atoms with E-state index in [-0.39, 0.29) is 11.8 Å². The van der Waals surface area contributed by atoms with Crippen LogP contribution in [0.25, 0.3) is 5.82 Å². The molecule has 0 N–H and O–H groups in total. The number of nitrogens with zero attached hydrogens (tertiary/aromatic N) is 6. The summed E-state index contributed by atoms with van der Waals surface area (Å²) in [6.07, 6.45) is 6.75. The standard InChI is InChI=1S/C27H28N6O2/c1-18-7-4-5-9-23(18)35-26-25(28-12-13-29-26)22-8-6-14-32(17-22)27(34)21-10-11-24(30-16-21)33-20(3)15-19(2)31-33/h4-5,7,9-13,15-16,22H,6,8,14,17H2,1-3H3/t22-/m0/s1. The second kappa shape index (κ2) is 9.66. The predicted molar refractivity (Wildman–Crippen MR) is 132 cm³/mol. The number of carbonyl (C=O) groups is 1. The molecular weight excluding hydrogens is 440 g/mol. The zero-order valence-corrected chi connectivity index (χ0v) is 20.2. The van der Waals surface area contributed by atoms with Crippen LogP contribution in [0.2, 0.25) is 0 Å². The molecule has 8 nitrogen and oxygen atoms in total. The SMILES string of the molecule is Cc1cc(C)n(-c2ccc(C(=O)N3CCC[C@H](c4nccnc4Oc4ccccc4C)C3)cn2)n1. The van der Waals surface area contributed by atoms with E-state index in [0.29, 0.717) is 30.4 Å². The number of carbonyl (C=O) groups excluding carboxylic acids is 1. The van der Waals surface area contributed by atoms with Gasteiger partial charge in [-0.15, -0.1) is 0 Å². The molecule has 5 rings (SSSR count). The molecule has 1 aliphatic rings. The summed E-state index contributed by atoms with van der Waals surface area (Å²) >= 11 is 0. The molecule has 0 saturated carbocycles. The lowest BCUT2D eigenvalue weighted by Crippen LogP contribution is -2.39. The van der Waals surface area contributed by atoms with Crippen LogP contribution in [-0.4, -0.2) is 48.6 Å². The predicted octanol–water partition coefficient (Wildman–Crippen LogP) is 4.79. The number of benzene rings is 1. The van der Waals surface area contributed by atoms with Crippen molar-refractivity contribution in [1.82, 2.24) is 29.6 Å². The van der Waals surface area contributed by atoms with Gasteiger partial charge in [0.1, 0.15) is 11.4 Å². The first-order valence-electron chi connectivity index (χ1n) is 11.8. The van der Waals surface area contributed by atoms with E-state index < -0.39 is 0 Å². The summed E-state index contributed by atoms with van der Waals surface area (Å²) in [4.78, 5) is 28.7. The van der Waals surface area contributed by atoms with Gasteiger partial charge < -0.3 is 9.64 Å². The monoisotopic (exact) mass is 468 g/mol. The molecule has 1 saturated heterocycles. The first-order chi connectivity index (χ1) is 17.0. The Bertz CT molecular complexity index is 1350. The highest BCUT2D eigenvalue weighted by Crippen LogP contribution is 2.33. The number of piperidine rings is 1. The molecule has 1 fully saturated rings. The zero-order valence-electron chi connectivity index (χ0n) is 20.2. The molecule has 3 aromatic heterocycles. The quantitative estimate of drug-likeness (QED) is 0.418. The van der Waals surface area contributed by atoms with Crippen molar-refractivity contribution in [3.8, 4) is 17.4 Å². The van der Waals surface area contributed by atoms with Gasteiger partial charge in [-0.1, -0.05) is 18.2 Å². The van der Waals surface area contributed by atoms with Crippen LogP contribution in [0.4, 0.5) is 0 Å². The fourth-order valence-corrected chi connectivity index (χ4v) is 4.54. The van der Waals surface area contributed by atoms with Crippen molar-refractivity contribution in [3.63, 3.8) is 0 Å². The van der Waals surface area contributed by atoms with Crippen LogP contribution in [-0.2, 0) is 0 Å².